The van der Waals surface area contributed by atoms with E-state index in [1.165, 1.54) is 0 Å². The highest BCUT2D eigenvalue weighted by Gasteiger charge is 2.02. The number of nitriles is 1. The molecule has 14 heavy (non-hydrogen) atoms. The van der Waals surface area contributed by atoms with Crippen molar-refractivity contribution in [1.82, 2.24) is 4.90 Å². The highest BCUT2D eigenvalue weighted by atomic mass is 16.5. The van der Waals surface area contributed by atoms with Gasteiger partial charge in [-0.2, -0.15) is 5.26 Å². The summed E-state index contributed by atoms with van der Waals surface area (Å²) in [6, 6.07) is 2.12. The normalized spacial score (nSPS) is 10.4. The topological polar surface area (TPSA) is 56.5 Å². The fourth-order valence-corrected chi connectivity index (χ4v) is 1.24. The summed E-state index contributed by atoms with van der Waals surface area (Å²) in [6.45, 7) is 3.35. The van der Waals surface area contributed by atoms with Crippen LogP contribution in [0.2, 0.25) is 0 Å². The summed E-state index contributed by atoms with van der Waals surface area (Å²) < 4.78 is 4.97. The largest absolute Gasteiger partial charge is 0.395 e. The fourth-order valence-electron chi connectivity index (χ4n) is 1.24. The van der Waals surface area contributed by atoms with Crippen LogP contribution >= 0.6 is 0 Å². The second-order valence-corrected chi connectivity index (χ2v) is 3.17. The van der Waals surface area contributed by atoms with Gasteiger partial charge in [-0.15, -0.1) is 0 Å². The average Bonchev–Trinajstić information content (AvgIpc) is 2.20. The van der Waals surface area contributed by atoms with Gasteiger partial charge in [0.2, 0.25) is 0 Å². The van der Waals surface area contributed by atoms with Gasteiger partial charge in [0.05, 0.1) is 19.3 Å². The Morgan fingerprint density at radius 1 is 1.29 bits per heavy atom. The van der Waals surface area contributed by atoms with Crippen molar-refractivity contribution < 1.29 is 9.84 Å². The van der Waals surface area contributed by atoms with Crippen molar-refractivity contribution in [3.8, 4) is 6.07 Å². The maximum Gasteiger partial charge on any atom is 0.0621 e. The zero-order valence-corrected chi connectivity index (χ0v) is 8.91. The van der Waals surface area contributed by atoms with Gasteiger partial charge >= 0.3 is 0 Å². The van der Waals surface area contributed by atoms with Crippen molar-refractivity contribution in [2.75, 3.05) is 40.0 Å². The lowest BCUT2D eigenvalue weighted by atomic mass is 10.2. The van der Waals surface area contributed by atoms with Crippen LogP contribution in [0.4, 0.5) is 0 Å². The molecule has 0 saturated heterocycles. The summed E-state index contributed by atoms with van der Waals surface area (Å²) in [4.78, 5) is 2.15. The molecule has 0 aromatic rings. The Balaban J connectivity index is 3.46. The van der Waals surface area contributed by atoms with E-state index in [4.69, 9.17) is 15.1 Å². The number of nitrogens with zero attached hydrogens (tertiary/aromatic N) is 2. The van der Waals surface area contributed by atoms with E-state index in [0.717, 1.165) is 25.9 Å². The number of hydrogen-bond donors (Lipinski definition) is 1. The van der Waals surface area contributed by atoms with Crippen LogP contribution in [0, 0.1) is 11.3 Å². The predicted octanol–water partition coefficient (Wildman–Crippen LogP) is 0.621. The summed E-state index contributed by atoms with van der Waals surface area (Å²) in [5.74, 6) is 0. The first kappa shape index (κ1) is 13.4. The molecule has 0 rings (SSSR count). The van der Waals surface area contributed by atoms with Crippen molar-refractivity contribution in [3.63, 3.8) is 0 Å². The van der Waals surface area contributed by atoms with Crippen molar-refractivity contribution in [3.05, 3.63) is 0 Å². The monoisotopic (exact) mass is 200 g/mol. The molecular formula is C10H20N2O2. The summed E-state index contributed by atoms with van der Waals surface area (Å²) >= 11 is 0. The molecule has 0 atom stereocenters. The van der Waals surface area contributed by atoms with Gasteiger partial charge in [0.15, 0.2) is 0 Å². The first-order valence-corrected chi connectivity index (χ1v) is 5.04. The SMILES string of the molecule is COCCN(CCO)CCCCC#N. The minimum Gasteiger partial charge on any atom is -0.395 e. The van der Waals surface area contributed by atoms with Crippen molar-refractivity contribution >= 4 is 0 Å². The van der Waals surface area contributed by atoms with E-state index in [0.29, 0.717) is 19.6 Å². The van der Waals surface area contributed by atoms with E-state index in [-0.39, 0.29) is 6.61 Å². The van der Waals surface area contributed by atoms with Gasteiger partial charge in [0, 0.05) is 26.6 Å². The number of unbranched alkanes of at least 4 members (excludes halogenated alkanes) is 2. The number of aliphatic hydroxyl groups is 1. The zero-order chi connectivity index (χ0) is 10.6. The molecule has 0 saturated carbocycles. The van der Waals surface area contributed by atoms with Crippen LogP contribution in [-0.2, 0) is 4.74 Å². The standard InChI is InChI=1S/C10H20N2O2/c1-14-10-8-12(7-9-13)6-4-2-3-5-11/h13H,2-4,6-10H2,1H3. The minimum absolute atomic E-state index is 0.183. The molecule has 0 aliphatic rings. The molecular weight excluding hydrogens is 180 g/mol. The molecule has 0 aliphatic carbocycles. The molecule has 0 spiro atoms. The van der Waals surface area contributed by atoms with Gasteiger partial charge in [0.1, 0.15) is 0 Å². The van der Waals surface area contributed by atoms with Gasteiger partial charge in [-0.1, -0.05) is 0 Å². The Labute approximate surface area is 86.1 Å². The Morgan fingerprint density at radius 2 is 2.07 bits per heavy atom. The molecule has 0 radical (unpaired) electrons. The van der Waals surface area contributed by atoms with Gasteiger partial charge in [-0.05, 0) is 19.4 Å². The van der Waals surface area contributed by atoms with Crippen LogP contribution in [-0.4, -0.2) is 50.0 Å². The third-order valence-electron chi connectivity index (χ3n) is 2.04. The lowest BCUT2D eigenvalue weighted by Crippen LogP contribution is -2.31. The van der Waals surface area contributed by atoms with Crippen LogP contribution in [0.1, 0.15) is 19.3 Å². The van der Waals surface area contributed by atoms with Crippen LogP contribution in [0.15, 0.2) is 0 Å². The molecule has 0 aliphatic heterocycles. The lowest BCUT2D eigenvalue weighted by Gasteiger charge is -2.20. The Morgan fingerprint density at radius 3 is 2.64 bits per heavy atom. The third kappa shape index (κ3) is 7.99. The summed E-state index contributed by atoms with van der Waals surface area (Å²) in [6.07, 6.45) is 2.57. The van der Waals surface area contributed by atoms with Crippen molar-refractivity contribution in [2.45, 2.75) is 19.3 Å². The summed E-state index contributed by atoms with van der Waals surface area (Å²) in [7, 11) is 1.67. The van der Waals surface area contributed by atoms with E-state index in [1.807, 2.05) is 0 Å². The molecule has 0 amide bonds. The van der Waals surface area contributed by atoms with Crippen LogP contribution in [0.25, 0.3) is 0 Å². The quantitative estimate of drug-likeness (QED) is 0.554. The smallest absolute Gasteiger partial charge is 0.0621 e. The molecule has 0 unspecified atom stereocenters. The van der Waals surface area contributed by atoms with Gasteiger partial charge in [0.25, 0.3) is 0 Å². The summed E-state index contributed by atoms with van der Waals surface area (Å²) in [5, 5.41) is 17.2. The molecule has 0 fully saturated rings. The Kier molecular flexibility index (Phi) is 9.98. The maximum absolute atomic E-state index is 8.80. The predicted molar refractivity (Wildman–Crippen MR) is 54.9 cm³/mol. The van der Waals surface area contributed by atoms with E-state index in [1.54, 1.807) is 7.11 Å². The summed E-state index contributed by atoms with van der Waals surface area (Å²) in [5.41, 5.74) is 0. The minimum atomic E-state index is 0.183. The zero-order valence-electron chi connectivity index (χ0n) is 8.91. The number of rotatable bonds is 9. The van der Waals surface area contributed by atoms with Gasteiger partial charge in [-0.3, -0.25) is 4.90 Å². The molecule has 0 aromatic carbocycles. The lowest BCUT2D eigenvalue weighted by molar-refractivity contribution is 0.130. The first-order chi connectivity index (χ1) is 6.85. The highest BCUT2D eigenvalue weighted by molar-refractivity contribution is 4.68. The molecule has 4 heteroatoms. The molecule has 1 N–H and O–H groups in total. The number of aliphatic hydroxyl groups excluding tert-OH is 1. The van der Waals surface area contributed by atoms with Crippen molar-refractivity contribution in [1.29, 1.82) is 5.26 Å². The van der Waals surface area contributed by atoms with Gasteiger partial charge in [-0.25, -0.2) is 0 Å². The molecule has 0 aromatic heterocycles. The fraction of sp³-hybridized carbons (Fsp3) is 0.900. The molecule has 82 valence electrons. The van der Waals surface area contributed by atoms with Crippen LogP contribution in [0.3, 0.4) is 0 Å². The third-order valence-corrected chi connectivity index (χ3v) is 2.04. The van der Waals surface area contributed by atoms with Crippen LogP contribution < -0.4 is 0 Å². The van der Waals surface area contributed by atoms with E-state index < -0.39 is 0 Å². The molecule has 4 nitrogen and oxygen atoms in total. The Bertz CT molecular complexity index is 157. The second kappa shape index (κ2) is 10.5. The number of ether oxygens (including phenoxy) is 1. The maximum atomic E-state index is 8.80. The molecule has 0 bridgehead atoms. The van der Waals surface area contributed by atoms with E-state index in [2.05, 4.69) is 11.0 Å². The first-order valence-electron chi connectivity index (χ1n) is 5.04. The Hall–Kier alpha value is -0.630. The van der Waals surface area contributed by atoms with E-state index in [9.17, 15) is 0 Å². The second-order valence-electron chi connectivity index (χ2n) is 3.17. The average molecular weight is 200 g/mol. The number of methoxy groups -OCH3 is 1. The van der Waals surface area contributed by atoms with Crippen LogP contribution in [0.5, 0.6) is 0 Å². The molecule has 0 heterocycles. The van der Waals surface area contributed by atoms with Gasteiger partial charge < -0.3 is 9.84 Å². The highest BCUT2D eigenvalue weighted by Crippen LogP contribution is 1.97. The van der Waals surface area contributed by atoms with Crippen molar-refractivity contribution in [2.24, 2.45) is 0 Å². The van der Waals surface area contributed by atoms with E-state index >= 15 is 0 Å². The number of hydrogen-bond acceptors (Lipinski definition) is 4.